The Hall–Kier alpha value is -2.83. The Kier molecular flexibility index (Phi) is 3.69. The largest absolute Gasteiger partial charge is 0.397 e. The summed E-state index contributed by atoms with van der Waals surface area (Å²) in [6, 6.07) is 7.94. The van der Waals surface area contributed by atoms with Gasteiger partial charge in [0, 0.05) is 6.20 Å². The molecule has 0 fully saturated rings. The average molecular weight is 273 g/mol. The lowest BCUT2D eigenvalue weighted by Gasteiger charge is -2.08. The molecule has 0 spiro atoms. The number of nitrogen functional groups attached to an aromatic ring is 1. The van der Waals surface area contributed by atoms with Crippen molar-refractivity contribution in [3.8, 4) is 5.69 Å². The van der Waals surface area contributed by atoms with Crippen molar-refractivity contribution in [1.29, 1.82) is 0 Å². The van der Waals surface area contributed by atoms with Crippen molar-refractivity contribution in [1.82, 2.24) is 15.1 Å². The minimum absolute atomic E-state index is 0.182. The van der Waals surface area contributed by atoms with Gasteiger partial charge >= 0.3 is 0 Å². The molecule has 1 atom stereocenters. The number of nitrogens with one attached hydrogen (secondary N) is 1. The number of amides is 2. The van der Waals surface area contributed by atoms with Crippen LogP contribution in [0.5, 0.6) is 0 Å². The van der Waals surface area contributed by atoms with Gasteiger partial charge in [-0.3, -0.25) is 9.59 Å². The molecule has 0 aliphatic heterocycles. The first-order chi connectivity index (χ1) is 9.49. The van der Waals surface area contributed by atoms with E-state index in [1.54, 1.807) is 18.3 Å². The number of aromatic nitrogens is 2. The van der Waals surface area contributed by atoms with Crippen LogP contribution in [0, 0.1) is 0 Å². The highest BCUT2D eigenvalue weighted by Crippen LogP contribution is 2.15. The van der Waals surface area contributed by atoms with E-state index in [1.165, 1.54) is 17.7 Å². The molecule has 2 amide bonds. The van der Waals surface area contributed by atoms with Crippen LogP contribution < -0.4 is 16.8 Å². The highest BCUT2D eigenvalue weighted by atomic mass is 16.2. The van der Waals surface area contributed by atoms with Crippen LogP contribution in [0.25, 0.3) is 5.69 Å². The summed E-state index contributed by atoms with van der Waals surface area (Å²) in [5.41, 5.74) is 12.3. The fourth-order valence-corrected chi connectivity index (χ4v) is 1.62. The maximum atomic E-state index is 11.9. The van der Waals surface area contributed by atoms with Gasteiger partial charge in [0.25, 0.3) is 5.91 Å². The lowest BCUT2D eigenvalue weighted by Crippen LogP contribution is -2.42. The molecule has 1 heterocycles. The normalized spacial score (nSPS) is 11.8. The molecule has 1 aromatic carbocycles. The molecule has 20 heavy (non-hydrogen) atoms. The van der Waals surface area contributed by atoms with E-state index in [2.05, 4.69) is 10.4 Å². The summed E-state index contributed by atoms with van der Waals surface area (Å²) in [4.78, 5) is 22.8. The molecule has 2 rings (SSSR count). The second-order valence-corrected chi connectivity index (χ2v) is 4.30. The lowest BCUT2D eigenvalue weighted by atomic mass is 10.3. The average Bonchev–Trinajstić information content (AvgIpc) is 2.88. The van der Waals surface area contributed by atoms with E-state index in [9.17, 15) is 9.59 Å². The molecule has 104 valence electrons. The second kappa shape index (κ2) is 5.43. The Balaban J connectivity index is 2.19. The van der Waals surface area contributed by atoms with Crippen molar-refractivity contribution in [2.45, 2.75) is 13.0 Å². The molecule has 7 nitrogen and oxygen atoms in total. The molecular weight excluding hydrogens is 258 g/mol. The van der Waals surface area contributed by atoms with Gasteiger partial charge in [-0.1, -0.05) is 12.1 Å². The zero-order chi connectivity index (χ0) is 14.7. The summed E-state index contributed by atoms with van der Waals surface area (Å²) in [6.45, 7) is 1.51. The highest BCUT2D eigenvalue weighted by molar-refractivity contribution is 5.95. The summed E-state index contributed by atoms with van der Waals surface area (Å²) >= 11 is 0. The molecule has 5 N–H and O–H groups in total. The Morgan fingerprint density at radius 3 is 2.65 bits per heavy atom. The summed E-state index contributed by atoms with van der Waals surface area (Å²) in [5, 5.41) is 6.58. The van der Waals surface area contributed by atoms with Gasteiger partial charge in [0.1, 0.15) is 6.04 Å². The van der Waals surface area contributed by atoms with E-state index >= 15 is 0 Å². The molecule has 0 saturated carbocycles. The molecule has 0 saturated heterocycles. The fourth-order valence-electron chi connectivity index (χ4n) is 1.62. The number of primary amides is 1. The van der Waals surface area contributed by atoms with Gasteiger partial charge in [-0.05, 0) is 25.1 Å². The Morgan fingerprint density at radius 1 is 1.30 bits per heavy atom. The first kappa shape index (κ1) is 13.6. The number of hydrogen-bond donors (Lipinski definition) is 3. The molecule has 0 aliphatic carbocycles. The van der Waals surface area contributed by atoms with Crippen LogP contribution in [-0.4, -0.2) is 27.6 Å². The van der Waals surface area contributed by atoms with Crippen molar-refractivity contribution in [3.05, 3.63) is 42.2 Å². The van der Waals surface area contributed by atoms with E-state index in [4.69, 9.17) is 11.5 Å². The predicted octanol–water partition coefficient (Wildman–Crippen LogP) is 0.0581. The van der Waals surface area contributed by atoms with E-state index in [0.717, 1.165) is 0 Å². The van der Waals surface area contributed by atoms with Crippen molar-refractivity contribution < 1.29 is 9.59 Å². The smallest absolute Gasteiger partial charge is 0.272 e. The van der Waals surface area contributed by atoms with Crippen molar-refractivity contribution in [3.63, 3.8) is 0 Å². The van der Waals surface area contributed by atoms with E-state index in [0.29, 0.717) is 11.4 Å². The summed E-state index contributed by atoms with van der Waals surface area (Å²) in [6.07, 6.45) is 1.62. The van der Waals surface area contributed by atoms with Gasteiger partial charge in [-0.25, -0.2) is 4.68 Å². The number of rotatable bonds is 4. The molecular formula is C13H15N5O2. The molecule has 1 unspecified atom stereocenters. The molecule has 0 radical (unpaired) electrons. The minimum atomic E-state index is -0.755. The molecule has 0 bridgehead atoms. The monoisotopic (exact) mass is 273 g/mol. The third-order valence-electron chi connectivity index (χ3n) is 2.78. The van der Waals surface area contributed by atoms with Crippen molar-refractivity contribution in [2.75, 3.05) is 5.73 Å². The number of nitrogens with two attached hydrogens (primary N) is 2. The Morgan fingerprint density at radius 2 is 2.00 bits per heavy atom. The molecule has 1 aromatic heterocycles. The standard InChI is InChI=1S/C13H15N5O2/c1-8(12(15)19)16-13(20)10-6-7-18(17-10)11-5-3-2-4-9(11)14/h2-8H,14H2,1H3,(H2,15,19)(H,16,20). The van der Waals surface area contributed by atoms with Crippen LogP contribution >= 0.6 is 0 Å². The van der Waals surface area contributed by atoms with Crippen LogP contribution in [0.3, 0.4) is 0 Å². The fraction of sp³-hybridized carbons (Fsp3) is 0.154. The number of carbonyl (C=O) groups excluding carboxylic acids is 2. The van der Waals surface area contributed by atoms with Gasteiger partial charge in [-0.2, -0.15) is 5.10 Å². The zero-order valence-corrected chi connectivity index (χ0v) is 10.9. The lowest BCUT2D eigenvalue weighted by molar-refractivity contribution is -0.119. The third kappa shape index (κ3) is 2.77. The van der Waals surface area contributed by atoms with Gasteiger partial charge in [0.2, 0.25) is 5.91 Å². The number of carbonyl (C=O) groups is 2. The van der Waals surface area contributed by atoms with Crippen LogP contribution in [0.2, 0.25) is 0 Å². The number of benzene rings is 1. The van der Waals surface area contributed by atoms with Crippen molar-refractivity contribution >= 4 is 17.5 Å². The second-order valence-electron chi connectivity index (χ2n) is 4.30. The molecule has 2 aromatic rings. The predicted molar refractivity (Wildman–Crippen MR) is 74.1 cm³/mol. The van der Waals surface area contributed by atoms with Gasteiger partial charge < -0.3 is 16.8 Å². The number of anilines is 1. The van der Waals surface area contributed by atoms with Gasteiger partial charge in [-0.15, -0.1) is 0 Å². The highest BCUT2D eigenvalue weighted by Gasteiger charge is 2.16. The Labute approximate surface area is 115 Å². The van der Waals surface area contributed by atoms with Crippen LogP contribution in [0.1, 0.15) is 17.4 Å². The van der Waals surface area contributed by atoms with E-state index in [1.807, 2.05) is 12.1 Å². The third-order valence-corrected chi connectivity index (χ3v) is 2.78. The van der Waals surface area contributed by atoms with Crippen molar-refractivity contribution in [2.24, 2.45) is 5.73 Å². The number of para-hydroxylation sites is 2. The summed E-state index contributed by atoms with van der Waals surface area (Å²) in [5.74, 6) is -1.07. The first-order valence-electron chi connectivity index (χ1n) is 6.00. The van der Waals surface area contributed by atoms with Gasteiger partial charge in [0.15, 0.2) is 5.69 Å². The first-order valence-corrected chi connectivity index (χ1v) is 6.00. The minimum Gasteiger partial charge on any atom is -0.397 e. The SMILES string of the molecule is CC(NC(=O)c1ccn(-c2ccccc2N)n1)C(N)=O. The zero-order valence-electron chi connectivity index (χ0n) is 10.9. The number of hydrogen-bond acceptors (Lipinski definition) is 4. The van der Waals surface area contributed by atoms with Crippen LogP contribution in [0.15, 0.2) is 36.5 Å². The molecule has 7 heteroatoms. The quantitative estimate of drug-likeness (QED) is 0.683. The van der Waals surface area contributed by atoms with Crippen LogP contribution in [0.4, 0.5) is 5.69 Å². The summed E-state index contributed by atoms with van der Waals surface area (Å²) < 4.78 is 1.50. The maximum absolute atomic E-state index is 11.9. The number of nitrogens with zero attached hydrogens (tertiary/aromatic N) is 2. The van der Waals surface area contributed by atoms with E-state index < -0.39 is 17.9 Å². The molecule has 0 aliphatic rings. The van der Waals surface area contributed by atoms with Gasteiger partial charge in [0.05, 0.1) is 11.4 Å². The van der Waals surface area contributed by atoms with Crippen LogP contribution in [-0.2, 0) is 4.79 Å². The maximum Gasteiger partial charge on any atom is 0.272 e. The summed E-state index contributed by atoms with van der Waals surface area (Å²) in [7, 11) is 0. The van der Waals surface area contributed by atoms with E-state index in [-0.39, 0.29) is 5.69 Å². The topological polar surface area (TPSA) is 116 Å². The Bertz CT molecular complexity index is 650.